The van der Waals surface area contributed by atoms with E-state index in [4.69, 9.17) is 5.73 Å². The van der Waals surface area contributed by atoms with Gasteiger partial charge in [-0.15, -0.1) is 0 Å². The van der Waals surface area contributed by atoms with Crippen LogP contribution in [0.2, 0.25) is 0 Å². The summed E-state index contributed by atoms with van der Waals surface area (Å²) in [6, 6.07) is 0. The molecule has 0 amide bonds. The van der Waals surface area contributed by atoms with Gasteiger partial charge in [-0.25, -0.2) is 0 Å². The Labute approximate surface area is 254 Å². The molecule has 0 spiro atoms. The van der Waals surface area contributed by atoms with E-state index < -0.39 is 0 Å². The van der Waals surface area contributed by atoms with Crippen LogP contribution in [0.3, 0.4) is 0 Å². The maximum Gasteiger partial charge on any atom is 0.0105 e. The third kappa shape index (κ3) is 33.6. The van der Waals surface area contributed by atoms with Gasteiger partial charge in [0.15, 0.2) is 0 Å². The van der Waals surface area contributed by atoms with Crippen LogP contribution in [0.1, 0.15) is 194 Å². The average Bonchev–Trinajstić information content (AvgIpc) is 2.96. The first-order valence-corrected chi connectivity index (χ1v) is 18.6. The molecule has 2 N–H and O–H groups in total. The van der Waals surface area contributed by atoms with Crippen molar-refractivity contribution in [1.82, 2.24) is 4.90 Å². The van der Waals surface area contributed by atoms with E-state index in [-0.39, 0.29) is 0 Å². The molecule has 0 aromatic heterocycles. The minimum atomic E-state index is 0.804. The van der Waals surface area contributed by atoms with Crippen molar-refractivity contribution in [3.05, 3.63) is 24.3 Å². The zero-order valence-electron chi connectivity index (χ0n) is 28.0. The van der Waals surface area contributed by atoms with Crippen molar-refractivity contribution in [2.45, 2.75) is 194 Å². The van der Waals surface area contributed by atoms with Gasteiger partial charge in [-0.3, -0.25) is 0 Å². The van der Waals surface area contributed by atoms with Crippen LogP contribution in [0.4, 0.5) is 0 Å². The molecule has 0 fully saturated rings. The first-order valence-electron chi connectivity index (χ1n) is 18.6. The van der Waals surface area contributed by atoms with Crippen LogP contribution >= 0.6 is 0 Å². The summed E-state index contributed by atoms with van der Waals surface area (Å²) in [5.74, 6) is 0. The molecule has 0 bridgehead atoms. The number of unbranched alkanes of at least 4 members (excludes halogenated alkanes) is 24. The van der Waals surface area contributed by atoms with Crippen LogP contribution in [-0.4, -0.2) is 31.1 Å². The van der Waals surface area contributed by atoms with Crippen molar-refractivity contribution in [3.63, 3.8) is 0 Å². The summed E-state index contributed by atoms with van der Waals surface area (Å²) in [4.78, 5) is 2.63. The zero-order valence-corrected chi connectivity index (χ0v) is 28.0. The fraction of sp³-hybridized carbons (Fsp3) is 0.895. The Bertz CT molecular complexity index is 456. The number of allylic oxidation sites excluding steroid dienone is 4. The Morgan fingerprint density at radius 1 is 0.350 bits per heavy atom. The van der Waals surface area contributed by atoms with Crippen molar-refractivity contribution >= 4 is 0 Å². The molecule has 238 valence electrons. The highest BCUT2D eigenvalue weighted by Crippen LogP contribution is 2.12. The lowest BCUT2D eigenvalue weighted by molar-refractivity contribution is 0.267. The summed E-state index contributed by atoms with van der Waals surface area (Å²) in [6.07, 6.45) is 48.5. The SMILES string of the molecule is CCCCCCCCC=CCCCCCCCCN(CCN)CCCCCCCCC=CCCCCCCCC. The van der Waals surface area contributed by atoms with Gasteiger partial charge in [0.1, 0.15) is 0 Å². The van der Waals surface area contributed by atoms with E-state index in [2.05, 4.69) is 43.1 Å². The van der Waals surface area contributed by atoms with Crippen molar-refractivity contribution in [1.29, 1.82) is 0 Å². The molecule has 0 aromatic rings. The van der Waals surface area contributed by atoms with Crippen molar-refractivity contribution < 1.29 is 0 Å². The Morgan fingerprint density at radius 2 is 0.625 bits per heavy atom. The highest BCUT2D eigenvalue weighted by atomic mass is 15.1. The van der Waals surface area contributed by atoms with Crippen molar-refractivity contribution in [3.8, 4) is 0 Å². The van der Waals surface area contributed by atoms with Crippen molar-refractivity contribution in [2.24, 2.45) is 5.73 Å². The van der Waals surface area contributed by atoms with E-state index in [1.54, 1.807) is 0 Å². The lowest BCUT2D eigenvalue weighted by Crippen LogP contribution is -2.31. The smallest absolute Gasteiger partial charge is 0.0105 e. The lowest BCUT2D eigenvalue weighted by atomic mass is 10.1. The standard InChI is InChI=1S/C38H76N2/c1-3-5-7-9-11-13-15-17-19-21-23-25-27-29-31-33-36-40(38-35-39)37-34-32-30-28-26-24-22-20-18-16-14-12-10-8-6-4-2/h17-20H,3-16,21-39H2,1-2H3. The van der Waals surface area contributed by atoms with Gasteiger partial charge in [0.25, 0.3) is 0 Å². The van der Waals surface area contributed by atoms with E-state index in [0.717, 1.165) is 13.1 Å². The molecule has 0 atom stereocenters. The van der Waals surface area contributed by atoms with Crippen molar-refractivity contribution in [2.75, 3.05) is 26.2 Å². The van der Waals surface area contributed by atoms with Gasteiger partial charge >= 0.3 is 0 Å². The van der Waals surface area contributed by atoms with Crippen LogP contribution in [0, 0.1) is 0 Å². The Kier molecular flexibility index (Phi) is 35.9. The fourth-order valence-corrected chi connectivity index (χ4v) is 5.68. The van der Waals surface area contributed by atoms with Gasteiger partial charge < -0.3 is 10.6 Å². The topological polar surface area (TPSA) is 29.3 Å². The summed E-state index contributed by atoms with van der Waals surface area (Å²) in [6.45, 7) is 8.98. The molecule has 2 nitrogen and oxygen atoms in total. The molecule has 2 heteroatoms. The molecule has 0 aliphatic heterocycles. The number of hydrogen-bond acceptors (Lipinski definition) is 2. The molecular formula is C38H76N2. The van der Waals surface area contributed by atoms with Gasteiger partial charge in [-0.05, 0) is 77.3 Å². The highest BCUT2D eigenvalue weighted by molar-refractivity contribution is 4.82. The van der Waals surface area contributed by atoms with Crippen LogP contribution in [0.5, 0.6) is 0 Å². The third-order valence-corrected chi connectivity index (χ3v) is 8.42. The molecule has 0 rings (SSSR count). The van der Waals surface area contributed by atoms with Gasteiger partial charge in [-0.2, -0.15) is 0 Å². The summed E-state index contributed by atoms with van der Waals surface area (Å²) in [5.41, 5.74) is 5.90. The first-order chi connectivity index (χ1) is 19.8. The summed E-state index contributed by atoms with van der Waals surface area (Å²) < 4.78 is 0. The normalized spacial score (nSPS) is 12.1. The van der Waals surface area contributed by atoms with Crippen LogP contribution in [0.25, 0.3) is 0 Å². The number of nitrogens with two attached hydrogens (primary N) is 1. The van der Waals surface area contributed by atoms with Gasteiger partial charge in [-0.1, -0.05) is 154 Å². The molecule has 0 radical (unpaired) electrons. The third-order valence-electron chi connectivity index (χ3n) is 8.42. The van der Waals surface area contributed by atoms with E-state index in [1.165, 1.54) is 193 Å². The number of hydrogen-bond donors (Lipinski definition) is 1. The Morgan fingerprint density at radius 3 is 0.925 bits per heavy atom. The van der Waals surface area contributed by atoms with Crippen LogP contribution < -0.4 is 5.73 Å². The highest BCUT2D eigenvalue weighted by Gasteiger charge is 2.03. The molecule has 0 saturated heterocycles. The minimum Gasteiger partial charge on any atom is -0.329 e. The predicted molar refractivity (Wildman–Crippen MR) is 184 cm³/mol. The molecular weight excluding hydrogens is 484 g/mol. The first kappa shape index (κ1) is 39.4. The quantitative estimate of drug-likeness (QED) is 0.0626. The fourth-order valence-electron chi connectivity index (χ4n) is 5.68. The number of nitrogens with zero attached hydrogens (tertiary/aromatic N) is 1. The van der Waals surface area contributed by atoms with E-state index in [9.17, 15) is 0 Å². The monoisotopic (exact) mass is 561 g/mol. The van der Waals surface area contributed by atoms with Gasteiger partial charge in [0.2, 0.25) is 0 Å². The molecule has 0 heterocycles. The molecule has 40 heavy (non-hydrogen) atoms. The molecule has 0 saturated carbocycles. The summed E-state index contributed by atoms with van der Waals surface area (Å²) in [5, 5.41) is 0. The molecule has 0 aliphatic carbocycles. The second-order valence-electron chi connectivity index (χ2n) is 12.5. The summed E-state index contributed by atoms with van der Waals surface area (Å²) in [7, 11) is 0. The maximum absolute atomic E-state index is 5.90. The second-order valence-corrected chi connectivity index (χ2v) is 12.5. The minimum absolute atomic E-state index is 0.804. The molecule has 0 aliphatic rings. The predicted octanol–water partition coefficient (Wildman–Crippen LogP) is 12.3. The average molecular weight is 561 g/mol. The zero-order chi connectivity index (χ0) is 29.0. The lowest BCUT2D eigenvalue weighted by Gasteiger charge is -2.21. The largest absolute Gasteiger partial charge is 0.329 e. The second kappa shape index (κ2) is 36.4. The Hall–Kier alpha value is -0.600. The van der Waals surface area contributed by atoms with E-state index >= 15 is 0 Å². The molecule has 0 aromatic carbocycles. The molecule has 0 unspecified atom stereocenters. The van der Waals surface area contributed by atoms with E-state index in [1.807, 2.05) is 0 Å². The maximum atomic E-state index is 5.90. The number of rotatable bonds is 34. The van der Waals surface area contributed by atoms with Gasteiger partial charge in [0, 0.05) is 13.1 Å². The van der Waals surface area contributed by atoms with Gasteiger partial charge in [0.05, 0.1) is 0 Å². The van der Waals surface area contributed by atoms with Crippen LogP contribution in [-0.2, 0) is 0 Å². The Balaban J connectivity index is 3.44. The van der Waals surface area contributed by atoms with Crippen LogP contribution in [0.15, 0.2) is 24.3 Å². The summed E-state index contributed by atoms with van der Waals surface area (Å²) >= 11 is 0. The van der Waals surface area contributed by atoms with E-state index in [0.29, 0.717) is 0 Å².